The molecular weight excluding hydrogens is 80.0 g/mol. The zero-order valence-corrected chi connectivity index (χ0v) is 2.89. The van der Waals surface area contributed by atoms with Crippen molar-refractivity contribution in [2.75, 3.05) is 0 Å². The van der Waals surface area contributed by atoms with E-state index in [0.717, 1.165) is 6.07 Å². The van der Waals surface area contributed by atoms with Crippen LogP contribution < -0.4 is 10.9 Å². The predicted molar refractivity (Wildman–Crippen MR) is 20.2 cm³/mol. The maximum absolute atomic E-state index is 9.76. The van der Waals surface area contributed by atoms with Gasteiger partial charge in [0.2, 0.25) is 10.9 Å². The summed E-state index contributed by atoms with van der Waals surface area (Å²) in [6.07, 6.45) is 0. The average Bonchev–Trinajstić information content (AvgIpc) is 1.61. The lowest BCUT2D eigenvalue weighted by Crippen LogP contribution is -2.26. The lowest BCUT2D eigenvalue weighted by atomic mass is 10.3. The van der Waals surface area contributed by atoms with Gasteiger partial charge in [0.1, 0.15) is 0 Å². The molecule has 0 aliphatic rings. The average molecular weight is 81.0 g/mol. The fourth-order valence-electron chi connectivity index (χ4n) is 0.190. The Kier molecular flexibility index (Phi) is 0.422. The molecule has 1 aromatic rings. The minimum Gasteiger partial charge on any atom is -0.286 e. The van der Waals surface area contributed by atoms with Crippen LogP contribution >= 0.6 is 0 Å². The van der Waals surface area contributed by atoms with Crippen LogP contribution in [0.25, 0.3) is 0 Å². The minimum absolute atomic E-state index is 0.435. The first-order chi connectivity index (χ1) is 2.80. The van der Waals surface area contributed by atoms with E-state index in [1.165, 1.54) is 0 Å². The fourth-order valence-corrected chi connectivity index (χ4v) is 0.190. The normalized spacial score (nSPS) is 9.33. The summed E-state index contributed by atoms with van der Waals surface area (Å²) in [5.41, 5.74) is -0.940. The highest BCUT2D eigenvalue weighted by Crippen LogP contribution is 1.52. The van der Waals surface area contributed by atoms with Crippen LogP contribution in [0.3, 0.4) is 0 Å². The highest BCUT2D eigenvalue weighted by Gasteiger charge is 1.90. The molecule has 0 amide bonds. The Labute approximate surface area is 33.7 Å². The topological polar surface area (TPSA) is 34.1 Å². The molecule has 0 aromatic heterocycles. The van der Waals surface area contributed by atoms with E-state index in [1.807, 2.05) is 0 Å². The van der Waals surface area contributed by atoms with Crippen LogP contribution in [0.15, 0.2) is 15.7 Å². The summed E-state index contributed by atoms with van der Waals surface area (Å²) in [6.45, 7) is 0. The quantitative estimate of drug-likeness (QED) is 0.378. The van der Waals surface area contributed by atoms with E-state index in [2.05, 4.69) is 6.07 Å². The molecule has 2 nitrogen and oxygen atoms in total. The molecule has 0 aliphatic carbocycles. The third kappa shape index (κ3) is 0.204. The molecule has 1 radical (unpaired) electrons. The monoisotopic (exact) mass is 81.0 g/mol. The SMILES string of the molecule is O=c1[c]cc1=O. The van der Waals surface area contributed by atoms with Crippen LogP contribution in [0.2, 0.25) is 0 Å². The van der Waals surface area contributed by atoms with Crippen molar-refractivity contribution < 1.29 is 0 Å². The molecule has 6 heavy (non-hydrogen) atoms. The van der Waals surface area contributed by atoms with Crippen molar-refractivity contribution in [3.8, 4) is 0 Å². The van der Waals surface area contributed by atoms with Gasteiger partial charge in [0.15, 0.2) is 0 Å². The van der Waals surface area contributed by atoms with Gasteiger partial charge in [0.05, 0.1) is 0 Å². The van der Waals surface area contributed by atoms with Crippen LogP contribution in [0.5, 0.6) is 0 Å². The summed E-state index contributed by atoms with van der Waals surface area (Å²) in [4.78, 5) is 19.5. The van der Waals surface area contributed by atoms with Gasteiger partial charge in [-0.15, -0.1) is 0 Å². The Morgan fingerprint density at radius 3 is 2.00 bits per heavy atom. The minimum atomic E-state index is -0.505. The summed E-state index contributed by atoms with van der Waals surface area (Å²) < 4.78 is 0. The lowest BCUT2D eigenvalue weighted by molar-refractivity contribution is 1.41. The summed E-state index contributed by atoms with van der Waals surface area (Å²) in [6, 6.07) is 3.27. The van der Waals surface area contributed by atoms with Crippen LogP contribution in [0.4, 0.5) is 0 Å². The second-order valence-corrected chi connectivity index (χ2v) is 0.982. The van der Waals surface area contributed by atoms with Crippen LogP contribution in [-0.4, -0.2) is 0 Å². The standard InChI is InChI=1S/C4HO2/c5-3-1-2-4(3)6/h1H. The molecule has 1 aromatic carbocycles. The molecule has 0 saturated carbocycles. The van der Waals surface area contributed by atoms with Gasteiger partial charge in [0.25, 0.3) is 0 Å². The van der Waals surface area contributed by atoms with Crippen molar-refractivity contribution >= 4 is 0 Å². The first-order valence-corrected chi connectivity index (χ1v) is 1.49. The Morgan fingerprint density at radius 1 is 1.50 bits per heavy atom. The summed E-state index contributed by atoms with van der Waals surface area (Å²) in [5.74, 6) is 0. The van der Waals surface area contributed by atoms with Gasteiger partial charge in [-0.2, -0.15) is 0 Å². The van der Waals surface area contributed by atoms with Crippen LogP contribution in [0, 0.1) is 6.07 Å². The maximum atomic E-state index is 9.76. The number of rotatable bonds is 0. The van der Waals surface area contributed by atoms with Gasteiger partial charge >= 0.3 is 0 Å². The molecule has 0 aliphatic heterocycles. The Balaban J connectivity index is 3.58. The Hall–Kier alpha value is -0.920. The maximum Gasteiger partial charge on any atom is 0.233 e. The van der Waals surface area contributed by atoms with E-state index in [0.29, 0.717) is 0 Å². The zero-order valence-electron chi connectivity index (χ0n) is 2.89. The zero-order chi connectivity index (χ0) is 4.57. The second-order valence-electron chi connectivity index (χ2n) is 0.982. The molecular formula is C4HO2. The number of hydrogen-bond donors (Lipinski definition) is 0. The van der Waals surface area contributed by atoms with Crippen LogP contribution in [0.1, 0.15) is 0 Å². The third-order valence-corrected chi connectivity index (χ3v) is 0.558. The van der Waals surface area contributed by atoms with Crippen LogP contribution in [-0.2, 0) is 0 Å². The highest BCUT2D eigenvalue weighted by atomic mass is 16.2. The Bertz CT molecular complexity index is 180. The van der Waals surface area contributed by atoms with Crippen molar-refractivity contribution in [3.05, 3.63) is 32.6 Å². The van der Waals surface area contributed by atoms with Gasteiger partial charge in [-0.3, -0.25) is 9.59 Å². The third-order valence-electron chi connectivity index (χ3n) is 0.558. The van der Waals surface area contributed by atoms with Gasteiger partial charge in [-0.1, -0.05) is 0 Å². The highest BCUT2D eigenvalue weighted by molar-refractivity contribution is 4.99. The van der Waals surface area contributed by atoms with E-state index in [4.69, 9.17) is 0 Å². The molecule has 0 fully saturated rings. The van der Waals surface area contributed by atoms with Crippen molar-refractivity contribution in [2.45, 2.75) is 0 Å². The van der Waals surface area contributed by atoms with E-state index in [1.54, 1.807) is 0 Å². The van der Waals surface area contributed by atoms with Crippen molar-refractivity contribution in [3.63, 3.8) is 0 Å². The van der Waals surface area contributed by atoms with E-state index in [9.17, 15) is 9.59 Å². The first kappa shape index (κ1) is 3.28. The largest absolute Gasteiger partial charge is 0.286 e. The van der Waals surface area contributed by atoms with Crippen molar-refractivity contribution in [1.29, 1.82) is 0 Å². The molecule has 0 N–H and O–H groups in total. The molecule has 0 heterocycles. The molecule has 0 bridgehead atoms. The van der Waals surface area contributed by atoms with Gasteiger partial charge in [-0.25, -0.2) is 0 Å². The summed E-state index contributed by atoms with van der Waals surface area (Å²) in [5, 5.41) is 0. The molecule has 0 spiro atoms. The first-order valence-electron chi connectivity index (χ1n) is 1.49. The summed E-state index contributed by atoms with van der Waals surface area (Å²) in [7, 11) is 0. The molecule has 0 atom stereocenters. The second kappa shape index (κ2) is 0.772. The van der Waals surface area contributed by atoms with Crippen molar-refractivity contribution in [1.82, 2.24) is 0 Å². The number of hydrogen-bond acceptors (Lipinski definition) is 2. The molecule has 0 unspecified atom stereocenters. The molecule has 2 heteroatoms. The van der Waals surface area contributed by atoms with Gasteiger partial charge in [0, 0.05) is 12.1 Å². The molecule has 0 saturated heterocycles. The summed E-state index contributed by atoms with van der Waals surface area (Å²) >= 11 is 0. The van der Waals surface area contributed by atoms with E-state index >= 15 is 0 Å². The predicted octanol–water partition coefficient (Wildman–Crippen LogP) is -0.917. The smallest absolute Gasteiger partial charge is 0.233 e. The lowest BCUT2D eigenvalue weighted by Gasteiger charge is -1.69. The van der Waals surface area contributed by atoms with Crippen molar-refractivity contribution in [2.24, 2.45) is 0 Å². The molecule has 29 valence electrons. The molecule has 1 rings (SSSR count). The van der Waals surface area contributed by atoms with E-state index in [-0.39, 0.29) is 0 Å². The van der Waals surface area contributed by atoms with Gasteiger partial charge in [-0.05, 0) is 0 Å². The fraction of sp³-hybridized carbons (Fsp3) is 0. The Morgan fingerprint density at radius 2 is 2.00 bits per heavy atom. The van der Waals surface area contributed by atoms with E-state index < -0.39 is 10.9 Å². The van der Waals surface area contributed by atoms with Gasteiger partial charge < -0.3 is 0 Å².